The van der Waals surface area contributed by atoms with Crippen molar-refractivity contribution in [3.63, 3.8) is 0 Å². The lowest BCUT2D eigenvalue weighted by molar-refractivity contribution is -0.0477. The molecule has 1 saturated carbocycles. The van der Waals surface area contributed by atoms with Crippen molar-refractivity contribution in [2.24, 2.45) is 0 Å². The van der Waals surface area contributed by atoms with Gasteiger partial charge in [0.2, 0.25) is 0 Å². The third-order valence-electron chi connectivity index (χ3n) is 2.86. The lowest BCUT2D eigenvalue weighted by Crippen LogP contribution is -2.36. The van der Waals surface area contributed by atoms with E-state index in [9.17, 15) is 5.11 Å². The number of aromatic nitrogens is 2. The number of rotatable bonds is 2. The first-order valence-electron chi connectivity index (χ1n) is 5.00. The molecule has 0 spiro atoms. The summed E-state index contributed by atoms with van der Waals surface area (Å²) in [4.78, 5) is 0. The Morgan fingerprint density at radius 2 is 2.21 bits per heavy atom. The van der Waals surface area contributed by atoms with Crippen LogP contribution in [-0.4, -0.2) is 14.9 Å². The second-order valence-electron chi connectivity index (χ2n) is 4.26. The van der Waals surface area contributed by atoms with E-state index in [4.69, 9.17) is 0 Å². The van der Waals surface area contributed by atoms with E-state index in [0.717, 1.165) is 29.4 Å². The van der Waals surface area contributed by atoms with E-state index in [1.165, 1.54) is 0 Å². The summed E-state index contributed by atoms with van der Waals surface area (Å²) in [6, 6.07) is 0.293. The fourth-order valence-electron chi connectivity index (χ4n) is 1.92. The largest absolute Gasteiger partial charge is 0.384 e. The Labute approximate surface area is 92.2 Å². The summed E-state index contributed by atoms with van der Waals surface area (Å²) in [6.45, 7) is 4.15. The Morgan fingerprint density at radius 1 is 1.57 bits per heavy atom. The van der Waals surface area contributed by atoms with Crippen LogP contribution >= 0.6 is 15.9 Å². The molecule has 14 heavy (non-hydrogen) atoms. The maximum absolute atomic E-state index is 10.3. The van der Waals surface area contributed by atoms with Crippen LogP contribution in [0.2, 0.25) is 0 Å². The minimum atomic E-state index is -0.639. The van der Waals surface area contributed by atoms with Crippen molar-refractivity contribution in [3.05, 3.63) is 16.4 Å². The van der Waals surface area contributed by atoms with E-state index in [1.54, 1.807) is 6.20 Å². The molecule has 0 aliphatic heterocycles. The van der Waals surface area contributed by atoms with Crippen molar-refractivity contribution in [1.29, 1.82) is 0 Å². The monoisotopic (exact) mass is 258 g/mol. The molecule has 1 aliphatic carbocycles. The minimum Gasteiger partial charge on any atom is -0.384 e. The second-order valence-corrected chi connectivity index (χ2v) is 5.12. The molecule has 78 valence electrons. The molecule has 3 nitrogen and oxygen atoms in total. The first-order chi connectivity index (χ1) is 6.54. The zero-order valence-electron chi connectivity index (χ0n) is 8.50. The predicted octanol–water partition coefficient (Wildman–Crippen LogP) is 2.60. The highest BCUT2D eigenvalue weighted by Gasteiger charge is 2.41. The fourth-order valence-corrected chi connectivity index (χ4v) is 2.56. The van der Waals surface area contributed by atoms with E-state index in [-0.39, 0.29) is 0 Å². The first kappa shape index (κ1) is 10.2. The van der Waals surface area contributed by atoms with Gasteiger partial charge in [0.25, 0.3) is 0 Å². The van der Waals surface area contributed by atoms with Gasteiger partial charge in [0.15, 0.2) is 0 Å². The van der Waals surface area contributed by atoms with Gasteiger partial charge in [-0.2, -0.15) is 5.10 Å². The summed E-state index contributed by atoms with van der Waals surface area (Å²) >= 11 is 3.45. The molecule has 1 aromatic heterocycles. The molecule has 4 heteroatoms. The van der Waals surface area contributed by atoms with Gasteiger partial charge in [0.1, 0.15) is 5.60 Å². The summed E-state index contributed by atoms with van der Waals surface area (Å²) in [7, 11) is 0. The average molecular weight is 259 g/mol. The maximum Gasteiger partial charge on any atom is 0.107 e. The molecule has 1 N–H and O–H groups in total. The molecule has 0 aromatic carbocycles. The molecule has 1 aromatic rings. The van der Waals surface area contributed by atoms with Crippen LogP contribution in [0.15, 0.2) is 10.7 Å². The number of nitrogens with zero attached hydrogens (tertiary/aromatic N) is 2. The lowest BCUT2D eigenvalue weighted by atomic mass is 9.77. The smallest absolute Gasteiger partial charge is 0.107 e. The van der Waals surface area contributed by atoms with Crippen LogP contribution in [0.4, 0.5) is 0 Å². The van der Waals surface area contributed by atoms with Gasteiger partial charge in [0.05, 0.1) is 16.4 Å². The Hall–Kier alpha value is -0.350. The highest BCUT2D eigenvalue weighted by Crippen LogP contribution is 2.44. The molecule has 0 bridgehead atoms. The first-order valence-corrected chi connectivity index (χ1v) is 5.80. The standard InChI is InChI=1S/C10H15BrN2O/c1-7(2)13-9(8(11)6-12-13)10(14)4-3-5-10/h6-7,14H,3-5H2,1-2H3. The molecular weight excluding hydrogens is 244 g/mol. The van der Waals surface area contributed by atoms with Crippen LogP contribution in [0, 0.1) is 0 Å². The molecule has 0 amide bonds. The zero-order chi connectivity index (χ0) is 10.3. The number of halogens is 1. The summed E-state index contributed by atoms with van der Waals surface area (Å²) in [6.07, 6.45) is 4.58. The van der Waals surface area contributed by atoms with Gasteiger partial charge in [-0.25, -0.2) is 0 Å². The van der Waals surface area contributed by atoms with Crippen LogP contribution in [0.5, 0.6) is 0 Å². The van der Waals surface area contributed by atoms with Crippen molar-refractivity contribution in [2.75, 3.05) is 0 Å². The fraction of sp³-hybridized carbons (Fsp3) is 0.700. The van der Waals surface area contributed by atoms with E-state index in [1.807, 2.05) is 4.68 Å². The van der Waals surface area contributed by atoms with Crippen LogP contribution < -0.4 is 0 Å². The SMILES string of the molecule is CC(C)n1ncc(Br)c1C1(O)CCC1. The molecule has 1 heterocycles. The van der Waals surface area contributed by atoms with E-state index in [2.05, 4.69) is 34.9 Å². The van der Waals surface area contributed by atoms with Gasteiger partial charge >= 0.3 is 0 Å². The Bertz CT molecular complexity index is 342. The van der Waals surface area contributed by atoms with Gasteiger partial charge in [-0.1, -0.05) is 0 Å². The molecular formula is C10H15BrN2O. The van der Waals surface area contributed by atoms with Crippen molar-refractivity contribution in [3.8, 4) is 0 Å². The molecule has 1 aliphatic rings. The second kappa shape index (κ2) is 3.35. The van der Waals surface area contributed by atoms with Gasteiger partial charge in [-0.05, 0) is 49.0 Å². The quantitative estimate of drug-likeness (QED) is 0.886. The minimum absolute atomic E-state index is 0.293. The average Bonchev–Trinajstić information content (AvgIpc) is 2.43. The Kier molecular flexibility index (Phi) is 2.43. The van der Waals surface area contributed by atoms with Gasteiger partial charge in [-0.15, -0.1) is 0 Å². The number of aliphatic hydroxyl groups is 1. The third-order valence-corrected chi connectivity index (χ3v) is 3.44. The highest BCUT2D eigenvalue weighted by molar-refractivity contribution is 9.10. The van der Waals surface area contributed by atoms with Crippen LogP contribution in [-0.2, 0) is 5.60 Å². The topological polar surface area (TPSA) is 38.0 Å². The number of hydrogen-bond donors (Lipinski definition) is 1. The molecule has 0 saturated heterocycles. The van der Waals surface area contributed by atoms with E-state index < -0.39 is 5.60 Å². The predicted molar refractivity (Wildman–Crippen MR) is 58.1 cm³/mol. The molecule has 2 rings (SSSR count). The summed E-state index contributed by atoms with van der Waals surface area (Å²) in [5, 5.41) is 14.6. The third kappa shape index (κ3) is 1.41. The van der Waals surface area contributed by atoms with Gasteiger partial charge < -0.3 is 5.11 Å². The molecule has 0 radical (unpaired) electrons. The van der Waals surface area contributed by atoms with Gasteiger partial charge in [-0.3, -0.25) is 4.68 Å². The van der Waals surface area contributed by atoms with Crippen molar-refractivity contribution in [2.45, 2.75) is 44.8 Å². The van der Waals surface area contributed by atoms with Crippen LogP contribution in [0.3, 0.4) is 0 Å². The van der Waals surface area contributed by atoms with Crippen molar-refractivity contribution in [1.82, 2.24) is 9.78 Å². The number of hydrogen-bond acceptors (Lipinski definition) is 2. The van der Waals surface area contributed by atoms with Gasteiger partial charge in [0, 0.05) is 6.04 Å². The van der Waals surface area contributed by atoms with Crippen LogP contribution in [0.1, 0.15) is 44.8 Å². The highest BCUT2D eigenvalue weighted by atomic mass is 79.9. The Morgan fingerprint density at radius 3 is 2.64 bits per heavy atom. The van der Waals surface area contributed by atoms with Crippen molar-refractivity contribution < 1.29 is 5.11 Å². The zero-order valence-corrected chi connectivity index (χ0v) is 10.1. The summed E-state index contributed by atoms with van der Waals surface area (Å²) in [5.74, 6) is 0. The van der Waals surface area contributed by atoms with Crippen molar-refractivity contribution >= 4 is 15.9 Å². The van der Waals surface area contributed by atoms with E-state index >= 15 is 0 Å². The normalized spacial score (nSPS) is 19.8. The summed E-state index contributed by atoms with van der Waals surface area (Å²) < 4.78 is 2.83. The Balaban J connectivity index is 2.44. The lowest BCUT2D eigenvalue weighted by Gasteiger charge is -2.37. The van der Waals surface area contributed by atoms with Crippen LogP contribution in [0.25, 0.3) is 0 Å². The molecule has 0 atom stereocenters. The molecule has 1 fully saturated rings. The maximum atomic E-state index is 10.3. The molecule has 0 unspecified atom stereocenters. The summed E-state index contributed by atoms with van der Waals surface area (Å²) in [5.41, 5.74) is 0.304. The van der Waals surface area contributed by atoms with E-state index in [0.29, 0.717) is 6.04 Å².